The molecule has 2 aromatic rings. The van der Waals surface area contributed by atoms with Crippen LogP contribution in [-0.4, -0.2) is 0 Å². The maximum Gasteiger partial charge on any atom is 0.0351 e. The van der Waals surface area contributed by atoms with Gasteiger partial charge in [0, 0.05) is 9.58 Å². The molecule has 0 saturated carbocycles. The van der Waals surface area contributed by atoms with Crippen molar-refractivity contribution in [3.8, 4) is 0 Å². The molecule has 0 fully saturated rings. The molecule has 0 bridgehead atoms. The molecule has 55 valence electrons. The Hall–Kier alpha value is -0.820. The minimum atomic E-state index is 1.14. The lowest BCUT2D eigenvalue weighted by Gasteiger charge is -1.81. The van der Waals surface area contributed by atoms with Crippen LogP contribution < -0.4 is 0 Å². The topological polar surface area (TPSA) is 0 Å². The third kappa shape index (κ3) is 1.16. The highest BCUT2D eigenvalue weighted by Crippen LogP contribution is 2.24. The third-order valence-corrected chi connectivity index (χ3v) is 3.01. The molecule has 0 N–H and O–H groups in total. The summed E-state index contributed by atoms with van der Waals surface area (Å²) < 4.78 is 1.35. The minimum absolute atomic E-state index is 1.14. The van der Waals surface area contributed by atoms with E-state index in [4.69, 9.17) is 0 Å². The van der Waals surface area contributed by atoms with Gasteiger partial charge in [0.15, 0.2) is 0 Å². The van der Waals surface area contributed by atoms with E-state index in [9.17, 15) is 0 Å². The van der Waals surface area contributed by atoms with Gasteiger partial charge in [0.05, 0.1) is 0 Å². The number of thiophene rings is 1. The third-order valence-electron chi connectivity index (χ3n) is 1.76. The molecule has 0 nitrogen and oxygen atoms in total. The second kappa shape index (κ2) is 2.67. The van der Waals surface area contributed by atoms with E-state index in [-0.39, 0.29) is 0 Å². The molecular weight excluding hydrogens is 152 g/mol. The van der Waals surface area contributed by atoms with Crippen LogP contribution >= 0.6 is 11.3 Å². The van der Waals surface area contributed by atoms with Crippen molar-refractivity contribution in [3.63, 3.8) is 0 Å². The number of hydrogen-bond donors (Lipinski definition) is 0. The van der Waals surface area contributed by atoms with E-state index >= 15 is 0 Å². The SMILES string of the molecule is CCc1cc2cc[c]cc2s1. The first kappa shape index (κ1) is 6.86. The Morgan fingerprint density at radius 3 is 3.18 bits per heavy atom. The van der Waals surface area contributed by atoms with Crippen LogP contribution in [0.1, 0.15) is 11.8 Å². The largest absolute Gasteiger partial charge is 0.140 e. The number of rotatable bonds is 1. The van der Waals surface area contributed by atoms with Crippen molar-refractivity contribution in [1.82, 2.24) is 0 Å². The van der Waals surface area contributed by atoms with Gasteiger partial charge in [-0.3, -0.25) is 0 Å². The monoisotopic (exact) mass is 161 g/mol. The predicted octanol–water partition coefficient (Wildman–Crippen LogP) is 3.26. The Morgan fingerprint density at radius 2 is 2.45 bits per heavy atom. The first-order valence-electron chi connectivity index (χ1n) is 3.78. The zero-order valence-electron chi connectivity index (χ0n) is 6.42. The van der Waals surface area contributed by atoms with Gasteiger partial charge in [-0.05, 0) is 30.0 Å². The zero-order valence-corrected chi connectivity index (χ0v) is 7.24. The van der Waals surface area contributed by atoms with Gasteiger partial charge < -0.3 is 0 Å². The summed E-state index contributed by atoms with van der Waals surface area (Å²) >= 11 is 1.87. The molecule has 1 radical (unpaired) electrons. The molecule has 1 aromatic carbocycles. The van der Waals surface area contributed by atoms with Crippen LogP contribution in [-0.2, 0) is 6.42 Å². The summed E-state index contributed by atoms with van der Waals surface area (Å²) in [6.45, 7) is 2.19. The Bertz CT molecular complexity index is 327. The van der Waals surface area contributed by atoms with E-state index in [1.807, 2.05) is 17.4 Å². The van der Waals surface area contributed by atoms with Crippen LogP contribution in [0.4, 0.5) is 0 Å². The maximum absolute atomic E-state index is 3.08. The smallest absolute Gasteiger partial charge is 0.0351 e. The first-order valence-corrected chi connectivity index (χ1v) is 4.60. The molecule has 2 rings (SSSR count). The molecule has 1 heteroatoms. The van der Waals surface area contributed by atoms with E-state index < -0.39 is 0 Å². The lowest BCUT2D eigenvalue weighted by Crippen LogP contribution is -1.64. The Balaban J connectivity index is 2.69. The summed E-state index contributed by atoms with van der Waals surface area (Å²) in [6.07, 6.45) is 1.14. The van der Waals surface area contributed by atoms with Crippen LogP contribution in [0.5, 0.6) is 0 Å². The first-order chi connectivity index (χ1) is 5.40. The molecule has 0 aliphatic carbocycles. The van der Waals surface area contributed by atoms with Crippen LogP contribution in [0.15, 0.2) is 24.3 Å². The second-order valence-electron chi connectivity index (χ2n) is 2.53. The molecular formula is C10H9S. The molecule has 0 amide bonds. The van der Waals surface area contributed by atoms with Gasteiger partial charge in [-0.15, -0.1) is 11.3 Å². The fourth-order valence-electron chi connectivity index (χ4n) is 1.15. The molecule has 1 aromatic heterocycles. The van der Waals surface area contributed by atoms with Crippen LogP contribution in [0, 0.1) is 6.07 Å². The van der Waals surface area contributed by atoms with Gasteiger partial charge in [-0.25, -0.2) is 0 Å². The van der Waals surface area contributed by atoms with E-state index in [2.05, 4.69) is 31.2 Å². The highest BCUT2D eigenvalue weighted by atomic mass is 32.1. The maximum atomic E-state index is 3.08. The quantitative estimate of drug-likeness (QED) is 0.602. The normalized spacial score (nSPS) is 10.6. The van der Waals surface area contributed by atoms with Gasteiger partial charge in [0.1, 0.15) is 0 Å². The standard InChI is InChI=1S/C10H9S/c1-2-9-7-8-5-3-4-6-10(8)11-9/h3,5-7H,2H2,1H3. The number of fused-ring (bicyclic) bond motifs is 1. The number of benzene rings is 1. The van der Waals surface area contributed by atoms with E-state index in [1.54, 1.807) is 0 Å². The van der Waals surface area contributed by atoms with Crippen LogP contribution in [0.3, 0.4) is 0 Å². The average molecular weight is 161 g/mol. The molecule has 0 aliphatic heterocycles. The van der Waals surface area contributed by atoms with Crippen molar-refractivity contribution in [2.24, 2.45) is 0 Å². The predicted molar refractivity (Wildman–Crippen MR) is 50.0 cm³/mol. The van der Waals surface area contributed by atoms with Crippen LogP contribution in [0.2, 0.25) is 0 Å². The van der Waals surface area contributed by atoms with Crippen molar-refractivity contribution in [3.05, 3.63) is 35.2 Å². The highest BCUT2D eigenvalue weighted by molar-refractivity contribution is 7.19. The summed E-state index contributed by atoms with van der Waals surface area (Å²) in [6, 6.07) is 11.5. The van der Waals surface area contributed by atoms with Crippen LogP contribution in [0.25, 0.3) is 10.1 Å². The molecule has 0 atom stereocenters. The van der Waals surface area contributed by atoms with Gasteiger partial charge >= 0.3 is 0 Å². The van der Waals surface area contributed by atoms with Crippen molar-refractivity contribution >= 4 is 21.4 Å². The molecule has 0 aliphatic rings. The van der Waals surface area contributed by atoms with E-state index in [0.29, 0.717) is 0 Å². The van der Waals surface area contributed by atoms with Gasteiger partial charge in [-0.2, -0.15) is 0 Å². The fraction of sp³-hybridized carbons (Fsp3) is 0.200. The fourth-order valence-corrected chi connectivity index (χ4v) is 2.14. The van der Waals surface area contributed by atoms with Crippen molar-refractivity contribution in [2.75, 3.05) is 0 Å². The molecule has 0 unspecified atom stereocenters. The summed E-state index contributed by atoms with van der Waals surface area (Å²) in [5.74, 6) is 0. The lowest BCUT2D eigenvalue weighted by atomic mass is 10.2. The summed E-state index contributed by atoms with van der Waals surface area (Å²) in [4.78, 5) is 1.46. The lowest BCUT2D eigenvalue weighted by molar-refractivity contribution is 1.19. The van der Waals surface area contributed by atoms with Gasteiger partial charge in [-0.1, -0.05) is 19.1 Å². The van der Waals surface area contributed by atoms with Gasteiger partial charge in [0.2, 0.25) is 0 Å². The zero-order chi connectivity index (χ0) is 7.68. The Labute approximate surface area is 70.5 Å². The average Bonchev–Trinajstić information content (AvgIpc) is 2.46. The Morgan fingerprint density at radius 1 is 1.55 bits per heavy atom. The van der Waals surface area contributed by atoms with E-state index in [0.717, 1.165) is 6.42 Å². The van der Waals surface area contributed by atoms with Crippen molar-refractivity contribution < 1.29 is 0 Å². The van der Waals surface area contributed by atoms with Crippen molar-refractivity contribution in [1.29, 1.82) is 0 Å². The Kier molecular flexibility index (Phi) is 1.66. The number of hydrogen-bond acceptors (Lipinski definition) is 1. The molecule has 1 heterocycles. The summed E-state index contributed by atoms with van der Waals surface area (Å²) in [7, 11) is 0. The second-order valence-corrected chi connectivity index (χ2v) is 3.70. The molecule has 0 saturated heterocycles. The molecule has 0 spiro atoms. The van der Waals surface area contributed by atoms with Gasteiger partial charge in [0.25, 0.3) is 0 Å². The summed E-state index contributed by atoms with van der Waals surface area (Å²) in [5, 5.41) is 1.35. The van der Waals surface area contributed by atoms with Crippen molar-refractivity contribution in [2.45, 2.75) is 13.3 Å². The van der Waals surface area contributed by atoms with E-state index in [1.165, 1.54) is 15.0 Å². The molecule has 11 heavy (non-hydrogen) atoms. The highest BCUT2D eigenvalue weighted by Gasteiger charge is 1.96. The number of aryl methyl sites for hydroxylation is 1. The summed E-state index contributed by atoms with van der Waals surface area (Å²) in [5.41, 5.74) is 0. The minimum Gasteiger partial charge on any atom is -0.140 e.